The topological polar surface area (TPSA) is 21.7 Å². The molecular weight excluding hydrogens is 307 g/mol. The van der Waals surface area contributed by atoms with Crippen molar-refractivity contribution in [2.45, 2.75) is 19.2 Å². The highest BCUT2D eigenvalue weighted by Gasteiger charge is 2.31. The van der Waals surface area contributed by atoms with Gasteiger partial charge >= 0.3 is 6.36 Å². The zero-order valence-corrected chi connectivity index (χ0v) is 12.2. The molecule has 21 heavy (non-hydrogen) atoms. The summed E-state index contributed by atoms with van der Waals surface area (Å²) in [6.45, 7) is 4.17. The Morgan fingerprint density at radius 1 is 1.19 bits per heavy atom. The van der Waals surface area contributed by atoms with Gasteiger partial charge in [0.15, 0.2) is 0 Å². The monoisotopic (exact) mass is 323 g/mol. The van der Waals surface area contributed by atoms with Crippen LogP contribution >= 0.6 is 11.6 Å². The Morgan fingerprint density at radius 2 is 1.90 bits per heavy atom. The molecule has 0 spiro atoms. The van der Waals surface area contributed by atoms with Crippen LogP contribution in [0.15, 0.2) is 18.2 Å². The zero-order chi connectivity index (χ0) is 15.3. The summed E-state index contributed by atoms with van der Waals surface area (Å²) in [5.41, 5.74) is 0.745. The molecule has 1 aliphatic rings. The van der Waals surface area contributed by atoms with E-state index in [1.54, 1.807) is 6.07 Å². The predicted octanol–water partition coefficient (Wildman–Crippen LogP) is 3.50. The van der Waals surface area contributed by atoms with Gasteiger partial charge in [0.2, 0.25) is 0 Å². The standard InChI is InChI=1S/C14H17ClF3NO2/c15-12-8-11(9-13(10-12)21-14(16,17)18)2-1-3-19-4-6-20-7-5-19/h8-10H,1-7H2. The third-order valence-corrected chi connectivity index (χ3v) is 3.43. The summed E-state index contributed by atoms with van der Waals surface area (Å²) in [4.78, 5) is 2.28. The molecular formula is C14H17ClF3NO2. The molecule has 2 rings (SSSR count). The first-order valence-electron chi connectivity index (χ1n) is 6.78. The van der Waals surface area contributed by atoms with Gasteiger partial charge < -0.3 is 9.47 Å². The molecule has 0 aromatic heterocycles. The van der Waals surface area contributed by atoms with Gasteiger partial charge in [0.05, 0.1) is 13.2 Å². The lowest BCUT2D eigenvalue weighted by molar-refractivity contribution is -0.274. The number of benzene rings is 1. The Labute approximate surface area is 126 Å². The Kier molecular flexibility index (Phi) is 5.72. The maximum absolute atomic E-state index is 12.2. The second-order valence-corrected chi connectivity index (χ2v) is 5.34. The van der Waals surface area contributed by atoms with Crippen molar-refractivity contribution in [3.05, 3.63) is 28.8 Å². The van der Waals surface area contributed by atoms with Crippen LogP contribution in [0.2, 0.25) is 5.02 Å². The third-order valence-electron chi connectivity index (χ3n) is 3.21. The average molecular weight is 324 g/mol. The Hall–Kier alpha value is -0.980. The smallest absolute Gasteiger partial charge is 0.406 e. The highest BCUT2D eigenvalue weighted by atomic mass is 35.5. The van der Waals surface area contributed by atoms with E-state index in [4.69, 9.17) is 16.3 Å². The van der Waals surface area contributed by atoms with Crippen molar-refractivity contribution in [3.63, 3.8) is 0 Å². The quantitative estimate of drug-likeness (QED) is 0.828. The van der Waals surface area contributed by atoms with Gasteiger partial charge in [-0.25, -0.2) is 0 Å². The molecule has 7 heteroatoms. The van der Waals surface area contributed by atoms with E-state index in [0.29, 0.717) is 6.42 Å². The fourth-order valence-electron chi connectivity index (χ4n) is 2.29. The van der Waals surface area contributed by atoms with Gasteiger partial charge in [0.25, 0.3) is 0 Å². The van der Waals surface area contributed by atoms with Gasteiger partial charge in [-0.2, -0.15) is 0 Å². The van der Waals surface area contributed by atoms with Gasteiger partial charge in [0, 0.05) is 18.1 Å². The van der Waals surface area contributed by atoms with Crippen LogP contribution in [0.4, 0.5) is 13.2 Å². The van der Waals surface area contributed by atoms with Crippen LogP contribution < -0.4 is 4.74 Å². The Balaban J connectivity index is 1.87. The van der Waals surface area contributed by atoms with Crippen LogP contribution in [-0.2, 0) is 11.2 Å². The van der Waals surface area contributed by atoms with Crippen molar-refractivity contribution >= 4 is 11.6 Å². The predicted molar refractivity (Wildman–Crippen MR) is 73.7 cm³/mol. The lowest BCUT2D eigenvalue weighted by atomic mass is 10.1. The fraction of sp³-hybridized carbons (Fsp3) is 0.571. The van der Waals surface area contributed by atoms with Crippen LogP contribution in [0.5, 0.6) is 5.75 Å². The molecule has 0 saturated carbocycles. The Morgan fingerprint density at radius 3 is 2.57 bits per heavy atom. The van der Waals surface area contributed by atoms with E-state index in [1.807, 2.05) is 0 Å². The van der Waals surface area contributed by atoms with Gasteiger partial charge in [-0.15, -0.1) is 13.2 Å². The van der Waals surface area contributed by atoms with Gasteiger partial charge in [0.1, 0.15) is 5.75 Å². The molecule has 0 unspecified atom stereocenters. The molecule has 3 nitrogen and oxygen atoms in total. The normalized spacial score (nSPS) is 17.0. The number of hydrogen-bond donors (Lipinski definition) is 0. The van der Waals surface area contributed by atoms with Gasteiger partial charge in [-0.3, -0.25) is 4.90 Å². The second-order valence-electron chi connectivity index (χ2n) is 4.90. The molecule has 0 radical (unpaired) electrons. The molecule has 1 fully saturated rings. The fourth-order valence-corrected chi connectivity index (χ4v) is 2.54. The first kappa shape index (κ1) is 16.4. The van der Waals surface area contributed by atoms with Gasteiger partial charge in [-0.1, -0.05) is 11.6 Å². The van der Waals surface area contributed by atoms with Crippen molar-refractivity contribution in [1.82, 2.24) is 4.90 Å². The number of nitrogens with zero attached hydrogens (tertiary/aromatic N) is 1. The first-order valence-corrected chi connectivity index (χ1v) is 7.15. The molecule has 1 aromatic rings. The number of alkyl halides is 3. The minimum absolute atomic E-state index is 0.248. The summed E-state index contributed by atoms with van der Waals surface area (Å²) in [6.07, 6.45) is -3.19. The molecule has 0 bridgehead atoms. The second kappa shape index (κ2) is 7.33. The van der Waals surface area contributed by atoms with E-state index < -0.39 is 6.36 Å². The van der Waals surface area contributed by atoms with Crippen LogP contribution in [-0.4, -0.2) is 44.1 Å². The first-order chi connectivity index (χ1) is 9.92. The highest BCUT2D eigenvalue weighted by Crippen LogP contribution is 2.27. The molecule has 0 amide bonds. The van der Waals surface area contributed by atoms with Crippen molar-refractivity contribution in [2.75, 3.05) is 32.8 Å². The molecule has 0 N–H and O–H groups in total. The van der Waals surface area contributed by atoms with E-state index in [9.17, 15) is 13.2 Å². The maximum Gasteiger partial charge on any atom is 0.573 e. The van der Waals surface area contributed by atoms with Crippen LogP contribution in [0.3, 0.4) is 0 Å². The van der Waals surface area contributed by atoms with Crippen LogP contribution in [0.25, 0.3) is 0 Å². The summed E-state index contributed by atoms with van der Waals surface area (Å²) in [6, 6.07) is 4.23. The van der Waals surface area contributed by atoms with E-state index >= 15 is 0 Å². The summed E-state index contributed by atoms with van der Waals surface area (Å²) in [7, 11) is 0. The van der Waals surface area contributed by atoms with Crippen LogP contribution in [0.1, 0.15) is 12.0 Å². The highest BCUT2D eigenvalue weighted by molar-refractivity contribution is 6.30. The van der Waals surface area contributed by atoms with Crippen molar-refractivity contribution in [1.29, 1.82) is 0 Å². The van der Waals surface area contributed by atoms with Crippen LogP contribution in [0, 0.1) is 0 Å². The lowest BCUT2D eigenvalue weighted by Crippen LogP contribution is -2.36. The third kappa shape index (κ3) is 6.11. The molecule has 1 saturated heterocycles. The molecule has 1 aliphatic heterocycles. The number of rotatable bonds is 5. The number of aryl methyl sites for hydroxylation is 1. The SMILES string of the molecule is FC(F)(F)Oc1cc(Cl)cc(CCCN2CCOCC2)c1. The summed E-state index contributed by atoms with van der Waals surface area (Å²) >= 11 is 5.83. The molecule has 0 aliphatic carbocycles. The molecule has 1 heterocycles. The largest absolute Gasteiger partial charge is 0.573 e. The average Bonchev–Trinajstić information content (AvgIpc) is 2.37. The summed E-state index contributed by atoms with van der Waals surface area (Å²) < 4.78 is 45.8. The Bertz CT molecular complexity index is 462. The van der Waals surface area contributed by atoms with Crippen molar-refractivity contribution in [3.8, 4) is 5.75 Å². The minimum Gasteiger partial charge on any atom is -0.406 e. The van der Waals surface area contributed by atoms with E-state index in [0.717, 1.165) is 44.8 Å². The lowest BCUT2D eigenvalue weighted by Gasteiger charge is -2.26. The molecule has 118 valence electrons. The molecule has 0 atom stereocenters. The number of ether oxygens (including phenoxy) is 2. The van der Waals surface area contributed by atoms with Crippen molar-refractivity contribution in [2.24, 2.45) is 0 Å². The zero-order valence-electron chi connectivity index (χ0n) is 11.5. The van der Waals surface area contributed by atoms with Crippen molar-refractivity contribution < 1.29 is 22.6 Å². The minimum atomic E-state index is -4.70. The van der Waals surface area contributed by atoms with E-state index in [1.165, 1.54) is 12.1 Å². The van der Waals surface area contributed by atoms with Gasteiger partial charge in [-0.05, 0) is 43.1 Å². The van der Waals surface area contributed by atoms with E-state index in [-0.39, 0.29) is 10.8 Å². The molecule has 1 aromatic carbocycles. The number of morpholine rings is 1. The number of hydrogen-bond acceptors (Lipinski definition) is 3. The van der Waals surface area contributed by atoms with E-state index in [2.05, 4.69) is 9.64 Å². The maximum atomic E-state index is 12.2. The summed E-state index contributed by atoms with van der Waals surface area (Å²) in [5, 5.41) is 0.248. The summed E-state index contributed by atoms with van der Waals surface area (Å²) in [5.74, 6) is -0.267. The number of halogens is 4.